The minimum absolute atomic E-state index is 0.172. The van der Waals surface area contributed by atoms with Gasteiger partial charge in [-0.15, -0.1) is 0 Å². The first-order chi connectivity index (χ1) is 13.7. The van der Waals surface area contributed by atoms with Gasteiger partial charge in [-0.1, -0.05) is 42.5 Å². The molecule has 2 saturated heterocycles. The normalized spacial score (nSPS) is 21.9. The summed E-state index contributed by atoms with van der Waals surface area (Å²) in [7, 11) is 0. The Morgan fingerprint density at radius 1 is 1.07 bits per heavy atom. The van der Waals surface area contributed by atoms with Crippen molar-refractivity contribution in [1.29, 1.82) is 0 Å². The largest absolute Gasteiger partial charge is 0.460 e. The van der Waals surface area contributed by atoms with E-state index in [1.165, 1.54) is 5.56 Å². The molecule has 2 aromatic rings. The van der Waals surface area contributed by atoms with E-state index in [1.54, 1.807) is 0 Å². The molecule has 2 aliphatic rings. The molecule has 2 aliphatic heterocycles. The Kier molecular flexibility index (Phi) is 5.72. The highest BCUT2D eigenvalue weighted by Gasteiger charge is 2.30. The third-order valence-corrected chi connectivity index (χ3v) is 5.58. The summed E-state index contributed by atoms with van der Waals surface area (Å²) in [5, 5.41) is 3.30. The van der Waals surface area contributed by atoms with Crippen LogP contribution in [0.3, 0.4) is 0 Å². The van der Waals surface area contributed by atoms with Gasteiger partial charge in [0, 0.05) is 18.7 Å². The molecule has 0 saturated carbocycles. The number of nitrogens with zero attached hydrogens (tertiary/aromatic N) is 1. The second-order valence-electron chi connectivity index (χ2n) is 7.68. The van der Waals surface area contributed by atoms with Crippen LogP contribution in [0.1, 0.15) is 30.4 Å². The van der Waals surface area contributed by atoms with Crippen molar-refractivity contribution in [3.05, 3.63) is 65.7 Å². The average molecular weight is 378 g/mol. The number of rotatable bonds is 6. The highest BCUT2D eigenvalue weighted by molar-refractivity contribution is 5.95. The van der Waals surface area contributed by atoms with Gasteiger partial charge in [-0.25, -0.2) is 0 Å². The molecule has 0 aromatic heterocycles. The number of carbonyl (C=O) groups excluding carboxylic acids is 2. The monoisotopic (exact) mass is 378 g/mol. The maximum atomic E-state index is 12.3. The van der Waals surface area contributed by atoms with Crippen LogP contribution in [0.25, 0.3) is 0 Å². The summed E-state index contributed by atoms with van der Waals surface area (Å²) in [4.78, 5) is 26.0. The summed E-state index contributed by atoms with van der Waals surface area (Å²) in [6, 6.07) is 17.8. The third-order valence-electron chi connectivity index (χ3n) is 5.58. The van der Waals surface area contributed by atoms with Gasteiger partial charge in [-0.05, 0) is 55.0 Å². The molecule has 0 spiro atoms. The number of carbonyl (C=O) groups is 2. The minimum Gasteiger partial charge on any atom is -0.460 e. The van der Waals surface area contributed by atoms with Gasteiger partial charge in [0.05, 0.1) is 0 Å². The van der Waals surface area contributed by atoms with Crippen LogP contribution < -0.4 is 10.2 Å². The quantitative estimate of drug-likeness (QED) is 0.785. The van der Waals surface area contributed by atoms with Crippen molar-refractivity contribution in [2.24, 2.45) is 5.92 Å². The molecule has 0 bridgehead atoms. The van der Waals surface area contributed by atoms with E-state index in [0.717, 1.165) is 43.6 Å². The third kappa shape index (κ3) is 4.42. The van der Waals surface area contributed by atoms with Gasteiger partial charge in [-0.2, -0.15) is 0 Å². The predicted octanol–water partition coefficient (Wildman–Crippen LogP) is 3.08. The smallest absolute Gasteiger partial charge is 0.323 e. The van der Waals surface area contributed by atoms with E-state index in [4.69, 9.17) is 4.74 Å². The Balaban J connectivity index is 1.26. The topological polar surface area (TPSA) is 58.6 Å². The molecule has 28 heavy (non-hydrogen) atoms. The maximum absolute atomic E-state index is 12.3. The van der Waals surface area contributed by atoms with Crippen molar-refractivity contribution in [2.75, 3.05) is 18.0 Å². The summed E-state index contributed by atoms with van der Waals surface area (Å²) in [6.45, 7) is 1.95. The van der Waals surface area contributed by atoms with E-state index >= 15 is 0 Å². The second kappa shape index (κ2) is 8.57. The SMILES string of the molecule is O=C(OCc1ccccc1)[C@H]1C[C@H](Cc2ccc(N3CCCC3=O)cc2)CN1. The fourth-order valence-electron chi connectivity index (χ4n) is 4.04. The van der Waals surface area contributed by atoms with Crippen LogP contribution in [0.15, 0.2) is 54.6 Å². The fourth-order valence-corrected chi connectivity index (χ4v) is 4.04. The van der Waals surface area contributed by atoms with Crippen molar-refractivity contribution in [3.63, 3.8) is 0 Å². The molecule has 0 unspecified atom stereocenters. The first-order valence-corrected chi connectivity index (χ1v) is 10.0. The summed E-state index contributed by atoms with van der Waals surface area (Å²) in [6.07, 6.45) is 3.30. The molecule has 5 heteroatoms. The minimum atomic E-state index is -0.227. The molecule has 2 atom stereocenters. The Bertz CT molecular complexity index is 820. The van der Waals surface area contributed by atoms with Gasteiger partial charge >= 0.3 is 5.97 Å². The lowest BCUT2D eigenvalue weighted by Crippen LogP contribution is -2.32. The summed E-state index contributed by atoms with van der Waals surface area (Å²) < 4.78 is 5.45. The number of benzene rings is 2. The van der Waals surface area contributed by atoms with Gasteiger partial charge in [0.25, 0.3) is 0 Å². The first kappa shape index (κ1) is 18.7. The van der Waals surface area contributed by atoms with E-state index < -0.39 is 0 Å². The standard InChI is InChI=1S/C23H26N2O3/c26-22-7-4-12-25(22)20-10-8-17(9-11-20)13-19-14-21(24-15-19)23(27)28-16-18-5-2-1-3-6-18/h1-3,5-6,8-11,19,21,24H,4,7,12-16H2/t19-,21+/m0/s1. The van der Waals surface area contributed by atoms with E-state index in [1.807, 2.05) is 47.4 Å². The lowest BCUT2D eigenvalue weighted by molar-refractivity contribution is -0.147. The number of hydrogen-bond donors (Lipinski definition) is 1. The average Bonchev–Trinajstić information content (AvgIpc) is 3.37. The lowest BCUT2D eigenvalue weighted by Gasteiger charge is -2.16. The molecule has 1 N–H and O–H groups in total. The molecule has 4 rings (SSSR count). The highest BCUT2D eigenvalue weighted by atomic mass is 16.5. The van der Waals surface area contributed by atoms with Crippen molar-refractivity contribution in [1.82, 2.24) is 5.32 Å². The van der Waals surface area contributed by atoms with Crippen molar-refractivity contribution < 1.29 is 14.3 Å². The summed E-state index contributed by atoms with van der Waals surface area (Å²) in [5.41, 5.74) is 3.22. The molecule has 2 fully saturated rings. The van der Waals surface area contributed by atoms with Gasteiger partial charge < -0.3 is 15.0 Å². The fraction of sp³-hybridized carbons (Fsp3) is 0.391. The molecule has 146 valence electrons. The number of hydrogen-bond acceptors (Lipinski definition) is 4. The zero-order valence-electron chi connectivity index (χ0n) is 16.0. The first-order valence-electron chi connectivity index (χ1n) is 10.0. The molecule has 0 radical (unpaired) electrons. The number of nitrogens with one attached hydrogen (secondary N) is 1. The van der Waals surface area contributed by atoms with Gasteiger partial charge in [0.15, 0.2) is 0 Å². The van der Waals surface area contributed by atoms with E-state index in [-0.39, 0.29) is 17.9 Å². The Labute approximate surface area is 165 Å². The lowest BCUT2D eigenvalue weighted by atomic mass is 9.96. The molecule has 0 aliphatic carbocycles. The van der Waals surface area contributed by atoms with Crippen LogP contribution in [0.5, 0.6) is 0 Å². The molecule has 5 nitrogen and oxygen atoms in total. The Morgan fingerprint density at radius 3 is 2.57 bits per heavy atom. The van der Waals surface area contributed by atoms with Crippen LogP contribution in [0.4, 0.5) is 5.69 Å². The Hall–Kier alpha value is -2.66. The van der Waals surface area contributed by atoms with Crippen LogP contribution in [-0.4, -0.2) is 31.0 Å². The zero-order chi connectivity index (χ0) is 19.3. The van der Waals surface area contributed by atoms with Crippen molar-refractivity contribution in [2.45, 2.75) is 38.3 Å². The summed E-state index contributed by atoms with van der Waals surface area (Å²) >= 11 is 0. The number of ether oxygens (including phenoxy) is 1. The zero-order valence-corrected chi connectivity index (χ0v) is 16.0. The van der Waals surface area contributed by atoms with Gasteiger partial charge in [0.1, 0.15) is 12.6 Å². The van der Waals surface area contributed by atoms with Gasteiger partial charge in [0.2, 0.25) is 5.91 Å². The van der Waals surface area contributed by atoms with Crippen LogP contribution in [-0.2, 0) is 27.4 Å². The molecule has 2 aromatic carbocycles. The number of amides is 1. The van der Waals surface area contributed by atoms with E-state index in [9.17, 15) is 9.59 Å². The maximum Gasteiger partial charge on any atom is 0.323 e. The van der Waals surface area contributed by atoms with Crippen LogP contribution in [0, 0.1) is 5.92 Å². The van der Waals surface area contributed by atoms with Gasteiger partial charge in [-0.3, -0.25) is 9.59 Å². The number of esters is 1. The second-order valence-corrected chi connectivity index (χ2v) is 7.68. The van der Waals surface area contributed by atoms with Crippen LogP contribution >= 0.6 is 0 Å². The molecular weight excluding hydrogens is 352 g/mol. The van der Waals surface area contributed by atoms with Crippen molar-refractivity contribution >= 4 is 17.6 Å². The summed E-state index contributed by atoms with van der Waals surface area (Å²) in [5.74, 6) is 0.451. The Morgan fingerprint density at radius 2 is 1.86 bits per heavy atom. The van der Waals surface area contributed by atoms with E-state index in [2.05, 4.69) is 17.4 Å². The van der Waals surface area contributed by atoms with Crippen molar-refractivity contribution in [3.8, 4) is 0 Å². The van der Waals surface area contributed by atoms with E-state index in [0.29, 0.717) is 18.9 Å². The molecular formula is C23H26N2O3. The molecule has 1 amide bonds. The predicted molar refractivity (Wildman–Crippen MR) is 108 cm³/mol. The highest BCUT2D eigenvalue weighted by Crippen LogP contribution is 2.24. The number of anilines is 1. The molecule has 2 heterocycles. The van der Waals surface area contributed by atoms with Crippen LogP contribution in [0.2, 0.25) is 0 Å².